The molecule has 0 amide bonds. The summed E-state index contributed by atoms with van der Waals surface area (Å²) < 4.78 is 62.3. The van der Waals surface area contributed by atoms with Crippen molar-refractivity contribution in [2.24, 2.45) is 5.92 Å². The summed E-state index contributed by atoms with van der Waals surface area (Å²) in [6.07, 6.45) is 4.81. The third-order valence-corrected chi connectivity index (χ3v) is 6.89. The predicted octanol–water partition coefficient (Wildman–Crippen LogP) is 9.22. The zero-order chi connectivity index (χ0) is 24.1. The van der Waals surface area contributed by atoms with Crippen LogP contribution in [-0.2, 0) is 6.11 Å². The first-order valence-electron chi connectivity index (χ1n) is 12.1. The molecule has 3 aromatic rings. The van der Waals surface area contributed by atoms with Crippen LogP contribution in [0.25, 0.3) is 11.1 Å². The molecular formula is C29H30F4O. The molecule has 0 unspecified atom stereocenters. The van der Waals surface area contributed by atoms with Crippen molar-refractivity contribution < 1.29 is 22.3 Å². The molecule has 1 aliphatic carbocycles. The first-order valence-corrected chi connectivity index (χ1v) is 12.1. The first kappa shape index (κ1) is 24.3. The molecule has 4 rings (SSSR count). The highest BCUT2D eigenvalue weighted by atomic mass is 19.3. The van der Waals surface area contributed by atoms with Gasteiger partial charge in [0.1, 0.15) is 5.75 Å². The lowest BCUT2D eigenvalue weighted by Crippen LogP contribution is -2.22. The molecule has 1 saturated carbocycles. The number of alkyl halides is 2. The van der Waals surface area contributed by atoms with E-state index in [1.807, 2.05) is 0 Å². The van der Waals surface area contributed by atoms with Crippen molar-refractivity contribution in [2.75, 3.05) is 0 Å². The van der Waals surface area contributed by atoms with Crippen LogP contribution in [0.1, 0.15) is 68.9 Å². The number of unbranched alkanes of at least 4 members (excludes halogenated alkanes) is 1. The topological polar surface area (TPSA) is 9.23 Å². The second kappa shape index (κ2) is 10.6. The van der Waals surface area contributed by atoms with Gasteiger partial charge in [0.15, 0.2) is 11.6 Å². The lowest BCUT2D eigenvalue weighted by atomic mass is 9.77. The predicted molar refractivity (Wildman–Crippen MR) is 127 cm³/mol. The van der Waals surface area contributed by atoms with Crippen LogP contribution >= 0.6 is 0 Å². The Kier molecular flexibility index (Phi) is 7.60. The van der Waals surface area contributed by atoms with E-state index in [-0.39, 0.29) is 22.4 Å². The van der Waals surface area contributed by atoms with Gasteiger partial charge in [0.2, 0.25) is 0 Å². The Labute approximate surface area is 198 Å². The normalized spacial score (nSPS) is 18.6. The Balaban J connectivity index is 1.47. The Morgan fingerprint density at radius 1 is 0.853 bits per heavy atom. The number of benzene rings is 3. The van der Waals surface area contributed by atoms with E-state index in [0.717, 1.165) is 36.5 Å². The second-order valence-electron chi connectivity index (χ2n) is 9.23. The third kappa shape index (κ3) is 5.63. The highest BCUT2D eigenvalue weighted by Gasteiger charge is 2.35. The van der Waals surface area contributed by atoms with E-state index in [0.29, 0.717) is 5.92 Å². The molecule has 0 aliphatic heterocycles. The molecule has 0 saturated heterocycles. The van der Waals surface area contributed by atoms with Gasteiger partial charge in [-0.15, -0.1) is 0 Å². The minimum atomic E-state index is -3.58. The van der Waals surface area contributed by atoms with Crippen LogP contribution in [0.2, 0.25) is 0 Å². The number of ether oxygens (including phenoxy) is 1. The number of hydrogen-bond donors (Lipinski definition) is 0. The highest BCUT2D eigenvalue weighted by Crippen LogP contribution is 2.40. The molecule has 0 atom stereocenters. The van der Waals surface area contributed by atoms with Crippen molar-refractivity contribution in [1.29, 1.82) is 0 Å². The van der Waals surface area contributed by atoms with Gasteiger partial charge in [-0.25, -0.2) is 8.78 Å². The SMILES string of the molecule is CCCC[C@H]1CC[C@H](c2ccc(C(F)(F)Oc3ccccc3-c3ccc(F)c(F)c3)cc2)CC1. The quantitative estimate of drug-likeness (QED) is 0.298. The molecule has 0 radical (unpaired) electrons. The van der Waals surface area contributed by atoms with E-state index >= 15 is 8.78 Å². The Morgan fingerprint density at radius 3 is 2.24 bits per heavy atom. The fourth-order valence-electron chi connectivity index (χ4n) is 4.88. The molecule has 34 heavy (non-hydrogen) atoms. The molecule has 1 fully saturated rings. The van der Waals surface area contributed by atoms with E-state index in [4.69, 9.17) is 4.74 Å². The van der Waals surface area contributed by atoms with Crippen LogP contribution in [0.5, 0.6) is 5.75 Å². The number of halogens is 4. The summed E-state index contributed by atoms with van der Waals surface area (Å²) in [6.45, 7) is 2.22. The van der Waals surface area contributed by atoms with Crippen molar-refractivity contribution >= 4 is 0 Å². The molecule has 1 nitrogen and oxygen atoms in total. The number of para-hydroxylation sites is 1. The van der Waals surface area contributed by atoms with Crippen LogP contribution in [-0.4, -0.2) is 0 Å². The molecule has 0 N–H and O–H groups in total. The van der Waals surface area contributed by atoms with Gasteiger partial charge >= 0.3 is 6.11 Å². The molecule has 0 spiro atoms. The fourth-order valence-corrected chi connectivity index (χ4v) is 4.88. The zero-order valence-corrected chi connectivity index (χ0v) is 19.4. The number of rotatable bonds is 8. The highest BCUT2D eigenvalue weighted by molar-refractivity contribution is 5.70. The van der Waals surface area contributed by atoms with Gasteiger partial charge in [-0.05, 0) is 79.0 Å². The first-order chi connectivity index (χ1) is 16.4. The zero-order valence-electron chi connectivity index (χ0n) is 19.4. The van der Waals surface area contributed by atoms with Gasteiger partial charge in [-0.3, -0.25) is 0 Å². The van der Waals surface area contributed by atoms with Gasteiger partial charge in [0, 0.05) is 5.56 Å². The molecule has 0 heterocycles. The Hall–Kier alpha value is -2.82. The second-order valence-corrected chi connectivity index (χ2v) is 9.23. The lowest BCUT2D eigenvalue weighted by molar-refractivity contribution is -0.185. The van der Waals surface area contributed by atoms with Crippen molar-refractivity contribution in [2.45, 2.75) is 63.9 Å². The van der Waals surface area contributed by atoms with Crippen LogP contribution < -0.4 is 4.74 Å². The summed E-state index contributed by atoms with van der Waals surface area (Å²) >= 11 is 0. The molecule has 0 bridgehead atoms. The maximum atomic E-state index is 15.1. The van der Waals surface area contributed by atoms with Gasteiger partial charge in [-0.1, -0.05) is 62.6 Å². The molecule has 5 heteroatoms. The Morgan fingerprint density at radius 2 is 1.56 bits per heavy atom. The summed E-state index contributed by atoms with van der Waals surface area (Å²) in [5.41, 5.74) is 1.37. The van der Waals surface area contributed by atoms with Crippen LogP contribution in [0.4, 0.5) is 17.6 Å². The van der Waals surface area contributed by atoms with Gasteiger partial charge in [0.25, 0.3) is 0 Å². The maximum Gasteiger partial charge on any atom is 0.426 e. The summed E-state index contributed by atoms with van der Waals surface area (Å²) in [7, 11) is 0. The third-order valence-electron chi connectivity index (χ3n) is 6.89. The van der Waals surface area contributed by atoms with Crippen molar-refractivity contribution in [3.8, 4) is 16.9 Å². The Bertz CT molecular complexity index is 1090. The van der Waals surface area contributed by atoms with Crippen molar-refractivity contribution in [3.05, 3.63) is 89.5 Å². The van der Waals surface area contributed by atoms with Crippen molar-refractivity contribution in [1.82, 2.24) is 0 Å². The molecule has 0 aromatic heterocycles. The van der Waals surface area contributed by atoms with Crippen LogP contribution in [0, 0.1) is 17.6 Å². The van der Waals surface area contributed by atoms with E-state index in [2.05, 4.69) is 6.92 Å². The van der Waals surface area contributed by atoms with Crippen molar-refractivity contribution in [3.63, 3.8) is 0 Å². The van der Waals surface area contributed by atoms with E-state index in [1.54, 1.807) is 24.3 Å². The summed E-state index contributed by atoms with van der Waals surface area (Å²) in [5.74, 6) is -0.942. The maximum absolute atomic E-state index is 15.1. The summed E-state index contributed by atoms with van der Waals surface area (Å²) in [6, 6.07) is 15.8. The minimum Gasteiger partial charge on any atom is -0.428 e. The summed E-state index contributed by atoms with van der Waals surface area (Å²) in [5, 5.41) is 0. The van der Waals surface area contributed by atoms with Gasteiger partial charge in [0.05, 0.1) is 5.56 Å². The fraction of sp³-hybridized carbons (Fsp3) is 0.379. The molecular weight excluding hydrogens is 440 g/mol. The van der Waals surface area contributed by atoms with E-state index in [9.17, 15) is 8.78 Å². The molecule has 3 aromatic carbocycles. The molecule has 180 valence electrons. The molecule has 1 aliphatic rings. The van der Waals surface area contributed by atoms with Crippen LogP contribution in [0.3, 0.4) is 0 Å². The smallest absolute Gasteiger partial charge is 0.426 e. The van der Waals surface area contributed by atoms with Gasteiger partial charge in [-0.2, -0.15) is 8.78 Å². The van der Waals surface area contributed by atoms with E-state index in [1.165, 1.54) is 62.4 Å². The number of hydrogen-bond acceptors (Lipinski definition) is 1. The summed E-state index contributed by atoms with van der Waals surface area (Å²) in [4.78, 5) is 0. The minimum absolute atomic E-state index is 0.104. The largest absolute Gasteiger partial charge is 0.428 e. The average molecular weight is 471 g/mol. The van der Waals surface area contributed by atoms with E-state index < -0.39 is 17.7 Å². The monoisotopic (exact) mass is 470 g/mol. The average Bonchev–Trinajstić information content (AvgIpc) is 2.85. The van der Waals surface area contributed by atoms with Crippen LogP contribution in [0.15, 0.2) is 66.7 Å². The standard InChI is InChI=1S/C29H30F4O/c1-2-3-6-20-9-11-21(12-10-20)22-13-16-24(17-14-22)29(32,33)34-28-8-5-4-7-25(28)23-15-18-26(30)27(31)19-23/h4-5,7-8,13-21H,2-3,6,9-12H2,1H3/t20-,21-. The van der Waals surface area contributed by atoms with Gasteiger partial charge < -0.3 is 4.74 Å². The lowest BCUT2D eigenvalue weighted by Gasteiger charge is -2.29.